The summed E-state index contributed by atoms with van der Waals surface area (Å²) in [6.07, 6.45) is 1.71. The second-order valence-electron chi connectivity index (χ2n) is 4.91. The van der Waals surface area contributed by atoms with Crippen LogP contribution in [0, 0.1) is 6.92 Å². The number of aromatic nitrogens is 3. The maximum absolute atomic E-state index is 6.42. The first-order valence-electron chi connectivity index (χ1n) is 6.64. The second-order valence-corrected chi connectivity index (χ2v) is 5.76. The van der Waals surface area contributed by atoms with Crippen molar-refractivity contribution in [1.82, 2.24) is 15.0 Å². The third kappa shape index (κ3) is 2.75. The summed E-state index contributed by atoms with van der Waals surface area (Å²) in [6, 6.07) is 15.7. The molecular formula is C16H15BrN4. The zero-order valence-corrected chi connectivity index (χ0v) is 13.2. The molecule has 0 fully saturated rings. The lowest BCUT2D eigenvalue weighted by atomic mass is 10.0. The minimum absolute atomic E-state index is 0.296. The van der Waals surface area contributed by atoms with Crippen LogP contribution >= 0.6 is 15.9 Å². The lowest BCUT2D eigenvalue weighted by molar-refractivity contribution is 0.718. The second kappa shape index (κ2) is 5.79. The minimum Gasteiger partial charge on any atom is -0.319 e. The van der Waals surface area contributed by atoms with Gasteiger partial charge in [0, 0.05) is 4.47 Å². The van der Waals surface area contributed by atoms with Gasteiger partial charge in [0.1, 0.15) is 0 Å². The number of nitrogens with two attached hydrogens (primary N) is 1. The summed E-state index contributed by atoms with van der Waals surface area (Å²) in [6.45, 7) is 2.05. The van der Waals surface area contributed by atoms with Gasteiger partial charge in [0.25, 0.3) is 0 Å². The quantitative estimate of drug-likeness (QED) is 0.793. The predicted octanol–water partition coefficient (Wildman–Crippen LogP) is 3.39. The Morgan fingerprint density at radius 1 is 1.14 bits per heavy atom. The molecule has 106 valence electrons. The molecular weight excluding hydrogens is 328 g/mol. The van der Waals surface area contributed by atoms with Gasteiger partial charge in [-0.3, -0.25) is 0 Å². The number of para-hydroxylation sites is 1. The highest BCUT2D eigenvalue weighted by Gasteiger charge is 2.18. The fraction of sp³-hybridized carbons (Fsp3) is 0.125. The number of nitrogens with zero attached hydrogens (tertiary/aromatic N) is 3. The van der Waals surface area contributed by atoms with E-state index < -0.39 is 0 Å². The molecule has 0 radical (unpaired) electrons. The van der Waals surface area contributed by atoms with Crippen LogP contribution in [0.1, 0.15) is 22.9 Å². The monoisotopic (exact) mass is 342 g/mol. The van der Waals surface area contributed by atoms with E-state index in [0.29, 0.717) is 0 Å². The largest absolute Gasteiger partial charge is 0.319 e. The predicted molar refractivity (Wildman–Crippen MR) is 86.3 cm³/mol. The van der Waals surface area contributed by atoms with Crippen molar-refractivity contribution >= 4 is 15.9 Å². The molecule has 2 N–H and O–H groups in total. The third-order valence-corrected chi connectivity index (χ3v) is 4.07. The lowest BCUT2D eigenvalue weighted by Crippen LogP contribution is -2.17. The molecule has 4 nitrogen and oxygen atoms in total. The summed E-state index contributed by atoms with van der Waals surface area (Å²) in [5.74, 6) is 0. The summed E-state index contributed by atoms with van der Waals surface area (Å²) < 4.78 is 2.77. The first-order chi connectivity index (χ1) is 10.2. The smallest absolute Gasteiger partial charge is 0.0858 e. The van der Waals surface area contributed by atoms with E-state index in [0.717, 1.165) is 21.4 Å². The SMILES string of the molecule is Cc1ccc(C(N)c2cnnn2-c2ccccc2)c(Br)c1. The van der Waals surface area contributed by atoms with Gasteiger partial charge in [0.2, 0.25) is 0 Å². The molecule has 1 aromatic heterocycles. The van der Waals surface area contributed by atoms with Gasteiger partial charge < -0.3 is 5.73 Å². The van der Waals surface area contributed by atoms with Gasteiger partial charge >= 0.3 is 0 Å². The van der Waals surface area contributed by atoms with E-state index in [1.807, 2.05) is 36.4 Å². The molecule has 0 spiro atoms. The average Bonchev–Trinajstić information content (AvgIpc) is 2.97. The zero-order chi connectivity index (χ0) is 14.8. The van der Waals surface area contributed by atoms with E-state index in [-0.39, 0.29) is 6.04 Å². The number of halogens is 1. The molecule has 1 heterocycles. The number of rotatable bonds is 3. The Bertz CT molecular complexity index is 752. The molecule has 2 aromatic carbocycles. The van der Waals surface area contributed by atoms with Crippen molar-refractivity contribution in [2.45, 2.75) is 13.0 Å². The van der Waals surface area contributed by atoms with E-state index in [2.05, 4.69) is 45.3 Å². The van der Waals surface area contributed by atoms with E-state index in [1.54, 1.807) is 10.9 Å². The molecule has 5 heteroatoms. The number of aryl methyl sites for hydroxylation is 1. The Morgan fingerprint density at radius 2 is 1.90 bits per heavy atom. The molecule has 0 aliphatic rings. The Balaban J connectivity index is 2.03. The fourth-order valence-electron chi connectivity index (χ4n) is 2.27. The Labute approximate surface area is 131 Å². The van der Waals surface area contributed by atoms with Crippen molar-refractivity contribution in [3.05, 3.63) is 76.0 Å². The highest BCUT2D eigenvalue weighted by atomic mass is 79.9. The molecule has 3 rings (SSSR count). The van der Waals surface area contributed by atoms with Gasteiger partial charge in [-0.25, -0.2) is 4.68 Å². The van der Waals surface area contributed by atoms with Crippen LogP contribution in [0.2, 0.25) is 0 Å². The van der Waals surface area contributed by atoms with Crippen molar-refractivity contribution < 1.29 is 0 Å². The topological polar surface area (TPSA) is 56.7 Å². The van der Waals surface area contributed by atoms with Gasteiger partial charge in [-0.2, -0.15) is 0 Å². The van der Waals surface area contributed by atoms with Crippen LogP contribution in [0.4, 0.5) is 0 Å². The van der Waals surface area contributed by atoms with Crippen LogP contribution < -0.4 is 5.73 Å². The Hall–Kier alpha value is -1.98. The summed E-state index contributed by atoms with van der Waals surface area (Å²) >= 11 is 3.58. The van der Waals surface area contributed by atoms with Gasteiger partial charge in [0.15, 0.2) is 0 Å². The number of benzene rings is 2. The molecule has 0 saturated heterocycles. The van der Waals surface area contributed by atoms with Crippen molar-refractivity contribution in [3.8, 4) is 5.69 Å². The van der Waals surface area contributed by atoms with Crippen molar-refractivity contribution in [2.75, 3.05) is 0 Å². The van der Waals surface area contributed by atoms with Crippen LogP contribution in [0.3, 0.4) is 0 Å². The normalized spacial score (nSPS) is 12.3. The molecule has 0 bridgehead atoms. The van der Waals surface area contributed by atoms with Crippen LogP contribution in [0.5, 0.6) is 0 Å². The van der Waals surface area contributed by atoms with Gasteiger partial charge in [-0.15, -0.1) is 5.10 Å². The van der Waals surface area contributed by atoms with Crippen LogP contribution in [0.15, 0.2) is 59.2 Å². The van der Waals surface area contributed by atoms with E-state index in [9.17, 15) is 0 Å². The van der Waals surface area contributed by atoms with Crippen molar-refractivity contribution in [1.29, 1.82) is 0 Å². The minimum atomic E-state index is -0.296. The molecule has 0 saturated carbocycles. The fourth-order valence-corrected chi connectivity index (χ4v) is 3.01. The zero-order valence-electron chi connectivity index (χ0n) is 11.6. The summed E-state index contributed by atoms with van der Waals surface area (Å²) in [5.41, 5.74) is 10.4. The van der Waals surface area contributed by atoms with Crippen LogP contribution in [-0.4, -0.2) is 15.0 Å². The van der Waals surface area contributed by atoms with Crippen LogP contribution in [0.25, 0.3) is 5.69 Å². The molecule has 0 aliphatic heterocycles. The first-order valence-corrected chi connectivity index (χ1v) is 7.44. The van der Waals surface area contributed by atoms with Crippen molar-refractivity contribution in [2.24, 2.45) is 5.73 Å². The first kappa shape index (κ1) is 14.0. The van der Waals surface area contributed by atoms with Crippen LogP contribution in [-0.2, 0) is 0 Å². The summed E-state index contributed by atoms with van der Waals surface area (Å²) in [4.78, 5) is 0. The van der Waals surface area contributed by atoms with E-state index in [1.165, 1.54) is 5.56 Å². The molecule has 0 aliphatic carbocycles. The number of hydrogen-bond acceptors (Lipinski definition) is 3. The van der Waals surface area contributed by atoms with Gasteiger partial charge in [0.05, 0.1) is 23.6 Å². The third-order valence-electron chi connectivity index (χ3n) is 3.39. The van der Waals surface area contributed by atoms with Crippen molar-refractivity contribution in [3.63, 3.8) is 0 Å². The van der Waals surface area contributed by atoms with Gasteiger partial charge in [-0.05, 0) is 36.2 Å². The summed E-state index contributed by atoms with van der Waals surface area (Å²) in [5, 5.41) is 8.16. The van der Waals surface area contributed by atoms with E-state index >= 15 is 0 Å². The molecule has 3 aromatic rings. The molecule has 1 atom stereocenters. The molecule has 0 amide bonds. The highest BCUT2D eigenvalue weighted by Crippen LogP contribution is 2.28. The van der Waals surface area contributed by atoms with Gasteiger partial charge in [-0.1, -0.05) is 51.5 Å². The average molecular weight is 343 g/mol. The molecule has 21 heavy (non-hydrogen) atoms. The highest BCUT2D eigenvalue weighted by molar-refractivity contribution is 9.10. The summed E-state index contributed by atoms with van der Waals surface area (Å²) in [7, 11) is 0. The Morgan fingerprint density at radius 3 is 2.62 bits per heavy atom. The maximum Gasteiger partial charge on any atom is 0.0858 e. The maximum atomic E-state index is 6.42. The lowest BCUT2D eigenvalue weighted by Gasteiger charge is -2.15. The number of hydrogen-bond donors (Lipinski definition) is 1. The molecule has 1 unspecified atom stereocenters. The Kier molecular flexibility index (Phi) is 3.86. The standard InChI is InChI=1S/C16H15BrN4/c1-11-7-8-13(14(17)9-11)16(18)15-10-19-20-21(15)12-5-3-2-4-6-12/h2-10,16H,18H2,1H3. The van der Waals surface area contributed by atoms with E-state index in [4.69, 9.17) is 5.73 Å².